The lowest BCUT2D eigenvalue weighted by Gasteiger charge is -2.26. The smallest absolute Gasteiger partial charge is 0.339 e. The van der Waals surface area contributed by atoms with Crippen molar-refractivity contribution < 1.29 is 28.5 Å². The molecule has 4 rings (SSSR count). The lowest BCUT2D eigenvalue weighted by atomic mass is 9.89. The van der Waals surface area contributed by atoms with Crippen LogP contribution in [-0.2, 0) is 19.1 Å². The number of cyclic esters (lactones) is 2. The number of benzene rings is 1. The Balaban J connectivity index is 1.70. The zero-order valence-electron chi connectivity index (χ0n) is 12.2. The minimum atomic E-state index is -0.927. The van der Waals surface area contributed by atoms with Crippen molar-refractivity contribution in [1.29, 1.82) is 0 Å². The summed E-state index contributed by atoms with van der Waals surface area (Å²) in [6, 6.07) is 5.35. The summed E-state index contributed by atoms with van der Waals surface area (Å²) in [6.45, 7) is 3.56. The van der Waals surface area contributed by atoms with Gasteiger partial charge in [0.15, 0.2) is 11.5 Å². The molecule has 114 valence electrons. The normalized spacial score (nSPS) is 24.9. The van der Waals surface area contributed by atoms with Gasteiger partial charge in [-0.15, -0.1) is 0 Å². The quantitative estimate of drug-likeness (QED) is 0.739. The zero-order chi connectivity index (χ0) is 15.5. The number of carbonyl (C=O) groups excluding carboxylic acids is 2. The second kappa shape index (κ2) is 4.25. The van der Waals surface area contributed by atoms with Gasteiger partial charge in [0.05, 0.1) is 11.1 Å². The van der Waals surface area contributed by atoms with Crippen LogP contribution in [0.5, 0.6) is 11.5 Å². The molecule has 1 unspecified atom stereocenters. The number of esters is 2. The second-order valence-corrected chi connectivity index (χ2v) is 5.96. The lowest BCUT2D eigenvalue weighted by molar-refractivity contribution is -0.148. The van der Waals surface area contributed by atoms with Crippen LogP contribution in [0.15, 0.2) is 29.3 Å². The van der Waals surface area contributed by atoms with Gasteiger partial charge in [0.25, 0.3) is 0 Å². The van der Waals surface area contributed by atoms with Crippen LogP contribution in [0.3, 0.4) is 0 Å². The van der Waals surface area contributed by atoms with Gasteiger partial charge in [-0.25, -0.2) is 9.59 Å². The third-order valence-electron chi connectivity index (χ3n) is 4.11. The van der Waals surface area contributed by atoms with Crippen LogP contribution in [-0.4, -0.2) is 24.3 Å². The molecule has 0 N–H and O–H groups in total. The van der Waals surface area contributed by atoms with Crippen LogP contribution in [0, 0.1) is 0 Å². The summed E-state index contributed by atoms with van der Waals surface area (Å²) in [6.07, 6.45) is -0.217. The standard InChI is InChI=1S/C16H14O6/c1-16(2)13-9(14(17)22-16)6-11(21-15(13)18)8-3-4-10-12(5-8)20-7-19-10/h3-5,11H,6-7H2,1-2H3. The van der Waals surface area contributed by atoms with Gasteiger partial charge in [0.1, 0.15) is 11.7 Å². The SMILES string of the molecule is CC1(C)OC(=O)C2=C1C(=O)OC(c1ccc3c(c1)OCO3)C2. The second-order valence-electron chi connectivity index (χ2n) is 5.96. The van der Waals surface area contributed by atoms with Crippen LogP contribution in [0.4, 0.5) is 0 Å². The van der Waals surface area contributed by atoms with Gasteiger partial charge >= 0.3 is 11.9 Å². The van der Waals surface area contributed by atoms with E-state index in [1.165, 1.54) is 0 Å². The maximum atomic E-state index is 12.3. The number of hydrogen-bond donors (Lipinski definition) is 0. The van der Waals surface area contributed by atoms with Crippen LogP contribution >= 0.6 is 0 Å². The molecule has 0 aliphatic carbocycles. The minimum absolute atomic E-state index is 0.180. The van der Waals surface area contributed by atoms with E-state index in [1.807, 2.05) is 6.07 Å². The third-order valence-corrected chi connectivity index (χ3v) is 4.11. The first-order chi connectivity index (χ1) is 10.5. The zero-order valence-corrected chi connectivity index (χ0v) is 12.2. The van der Waals surface area contributed by atoms with Crippen LogP contribution < -0.4 is 9.47 Å². The first-order valence-electron chi connectivity index (χ1n) is 7.03. The number of ether oxygens (including phenoxy) is 4. The van der Waals surface area contributed by atoms with Gasteiger partial charge in [-0.2, -0.15) is 0 Å². The number of carbonyl (C=O) groups is 2. The van der Waals surface area contributed by atoms with Gasteiger partial charge in [0, 0.05) is 6.42 Å². The average molecular weight is 302 g/mol. The highest BCUT2D eigenvalue weighted by atomic mass is 16.7. The Morgan fingerprint density at radius 2 is 1.86 bits per heavy atom. The molecule has 0 spiro atoms. The van der Waals surface area contributed by atoms with Crippen molar-refractivity contribution in [3.63, 3.8) is 0 Å². The molecule has 3 aliphatic rings. The summed E-state index contributed by atoms with van der Waals surface area (Å²) in [4.78, 5) is 24.3. The van der Waals surface area contributed by atoms with Gasteiger partial charge in [-0.1, -0.05) is 6.07 Å². The molecule has 0 radical (unpaired) electrons. The number of fused-ring (bicyclic) bond motifs is 1. The molecule has 1 atom stereocenters. The van der Waals surface area contributed by atoms with Crippen molar-refractivity contribution in [2.45, 2.75) is 32.0 Å². The van der Waals surface area contributed by atoms with Crippen molar-refractivity contribution in [2.75, 3.05) is 6.79 Å². The largest absolute Gasteiger partial charge is 0.454 e. The molecule has 6 heteroatoms. The van der Waals surface area contributed by atoms with E-state index in [0.717, 1.165) is 5.56 Å². The first kappa shape index (κ1) is 13.2. The molecule has 0 fully saturated rings. The molecule has 1 aromatic rings. The van der Waals surface area contributed by atoms with Crippen molar-refractivity contribution in [3.8, 4) is 11.5 Å². The molecule has 0 saturated heterocycles. The fraction of sp³-hybridized carbons (Fsp3) is 0.375. The van der Waals surface area contributed by atoms with Crippen LogP contribution in [0.25, 0.3) is 0 Å². The van der Waals surface area contributed by atoms with E-state index in [-0.39, 0.29) is 6.79 Å². The fourth-order valence-electron chi connectivity index (χ4n) is 3.08. The Kier molecular flexibility index (Phi) is 2.55. The van der Waals surface area contributed by atoms with E-state index in [9.17, 15) is 9.59 Å². The maximum absolute atomic E-state index is 12.3. The van der Waals surface area contributed by atoms with Crippen molar-refractivity contribution in [3.05, 3.63) is 34.9 Å². The highest BCUT2D eigenvalue weighted by molar-refractivity contribution is 6.06. The van der Waals surface area contributed by atoms with Gasteiger partial charge in [0.2, 0.25) is 6.79 Å². The van der Waals surface area contributed by atoms with Crippen molar-refractivity contribution in [2.24, 2.45) is 0 Å². The summed E-state index contributed by atoms with van der Waals surface area (Å²) in [5.74, 6) is 0.331. The van der Waals surface area contributed by atoms with Crippen molar-refractivity contribution >= 4 is 11.9 Å². The Labute approximate surface area is 126 Å². The Morgan fingerprint density at radius 1 is 1.09 bits per heavy atom. The van der Waals surface area contributed by atoms with E-state index in [2.05, 4.69) is 0 Å². The Bertz CT molecular complexity index is 730. The molecule has 6 nitrogen and oxygen atoms in total. The lowest BCUT2D eigenvalue weighted by Crippen LogP contribution is -2.31. The molecule has 1 aromatic carbocycles. The fourth-order valence-corrected chi connectivity index (χ4v) is 3.08. The topological polar surface area (TPSA) is 71.1 Å². The number of hydrogen-bond acceptors (Lipinski definition) is 6. The van der Waals surface area contributed by atoms with E-state index in [4.69, 9.17) is 18.9 Å². The first-order valence-corrected chi connectivity index (χ1v) is 7.03. The summed E-state index contributed by atoms with van der Waals surface area (Å²) in [5, 5.41) is 0. The highest BCUT2D eigenvalue weighted by Gasteiger charge is 2.48. The molecule has 0 aromatic heterocycles. The predicted molar refractivity (Wildman–Crippen MR) is 73.2 cm³/mol. The van der Waals surface area contributed by atoms with E-state index in [0.29, 0.717) is 29.1 Å². The maximum Gasteiger partial charge on any atom is 0.339 e. The van der Waals surface area contributed by atoms with E-state index >= 15 is 0 Å². The van der Waals surface area contributed by atoms with Gasteiger partial charge < -0.3 is 18.9 Å². The highest BCUT2D eigenvalue weighted by Crippen LogP contribution is 2.44. The molecular formula is C16H14O6. The summed E-state index contributed by atoms with van der Waals surface area (Å²) < 4.78 is 21.4. The summed E-state index contributed by atoms with van der Waals surface area (Å²) in [7, 11) is 0. The molecule has 3 aliphatic heterocycles. The number of rotatable bonds is 1. The van der Waals surface area contributed by atoms with Crippen LogP contribution in [0.1, 0.15) is 31.9 Å². The molecule has 22 heavy (non-hydrogen) atoms. The Hall–Kier alpha value is -2.50. The molecular weight excluding hydrogens is 288 g/mol. The van der Waals surface area contributed by atoms with Crippen LogP contribution in [0.2, 0.25) is 0 Å². The van der Waals surface area contributed by atoms with Gasteiger partial charge in [-0.05, 0) is 31.5 Å². The minimum Gasteiger partial charge on any atom is -0.454 e. The molecule has 0 saturated carbocycles. The van der Waals surface area contributed by atoms with E-state index in [1.54, 1.807) is 26.0 Å². The van der Waals surface area contributed by atoms with Gasteiger partial charge in [-0.3, -0.25) is 0 Å². The predicted octanol–water partition coefficient (Wildman–Crippen LogP) is 2.04. The summed E-state index contributed by atoms with van der Waals surface area (Å²) in [5.41, 5.74) is 0.573. The molecule has 3 heterocycles. The Morgan fingerprint density at radius 3 is 2.68 bits per heavy atom. The van der Waals surface area contributed by atoms with Crippen molar-refractivity contribution in [1.82, 2.24) is 0 Å². The van der Waals surface area contributed by atoms with E-state index < -0.39 is 23.6 Å². The molecule has 0 bridgehead atoms. The molecule has 0 amide bonds. The monoisotopic (exact) mass is 302 g/mol. The third kappa shape index (κ3) is 1.80. The summed E-state index contributed by atoms with van der Waals surface area (Å²) >= 11 is 0. The average Bonchev–Trinajstić information content (AvgIpc) is 3.00.